The van der Waals surface area contributed by atoms with Crippen molar-refractivity contribution < 1.29 is 19.4 Å². The molecule has 0 saturated heterocycles. The Labute approximate surface area is 205 Å². The lowest BCUT2D eigenvalue weighted by Crippen LogP contribution is -2.34. The fourth-order valence-electron chi connectivity index (χ4n) is 3.66. The van der Waals surface area contributed by atoms with E-state index in [9.17, 15) is 9.90 Å². The van der Waals surface area contributed by atoms with Crippen molar-refractivity contribution in [1.29, 1.82) is 0 Å². The van der Waals surface area contributed by atoms with Crippen molar-refractivity contribution in [2.75, 3.05) is 13.2 Å². The van der Waals surface area contributed by atoms with Crippen LogP contribution >= 0.6 is 0 Å². The first kappa shape index (κ1) is 24.4. The number of hydrogen-bond acceptors (Lipinski definition) is 6. The Morgan fingerprint density at radius 2 is 1.63 bits per heavy atom. The van der Waals surface area contributed by atoms with Crippen molar-refractivity contribution in [3.8, 4) is 11.5 Å². The summed E-state index contributed by atoms with van der Waals surface area (Å²) < 4.78 is 11.7. The summed E-state index contributed by atoms with van der Waals surface area (Å²) in [5, 5.41) is 18.0. The maximum Gasteiger partial charge on any atom is 0.240 e. The molecule has 0 saturated carbocycles. The summed E-state index contributed by atoms with van der Waals surface area (Å²) in [6, 6.07) is 25.3. The van der Waals surface area contributed by atoms with Gasteiger partial charge in [0.05, 0.1) is 11.8 Å². The molecule has 1 heterocycles. The van der Waals surface area contributed by atoms with Gasteiger partial charge in [0.15, 0.2) is 0 Å². The van der Waals surface area contributed by atoms with Crippen LogP contribution in [0.4, 0.5) is 0 Å². The molecular formula is C28H31N3O4. The lowest BCUT2D eigenvalue weighted by atomic mass is 10.0. The van der Waals surface area contributed by atoms with E-state index < -0.39 is 6.10 Å². The number of aliphatic hydroxyl groups is 1. The SMILES string of the molecule is CC(COc1ccc(C2=NNC(=O)CC2)cc1)NCC(O)c1ccc(OCc2ccccc2)cc1. The Kier molecular flexibility index (Phi) is 8.48. The number of nitrogens with one attached hydrogen (secondary N) is 2. The lowest BCUT2D eigenvalue weighted by molar-refractivity contribution is -0.121. The van der Waals surface area contributed by atoms with E-state index in [1.807, 2.05) is 85.8 Å². The van der Waals surface area contributed by atoms with Gasteiger partial charge in [-0.15, -0.1) is 0 Å². The third-order valence-corrected chi connectivity index (χ3v) is 5.76. The Bertz CT molecular complexity index is 1120. The molecule has 3 N–H and O–H groups in total. The number of rotatable bonds is 11. The van der Waals surface area contributed by atoms with Crippen molar-refractivity contribution in [2.45, 2.75) is 38.5 Å². The first-order valence-corrected chi connectivity index (χ1v) is 11.8. The van der Waals surface area contributed by atoms with Gasteiger partial charge in [-0.1, -0.05) is 42.5 Å². The molecule has 1 aliphatic rings. The summed E-state index contributed by atoms with van der Waals surface area (Å²) in [6.45, 7) is 3.41. The molecule has 182 valence electrons. The number of amides is 1. The molecule has 7 heteroatoms. The molecule has 3 aromatic carbocycles. The number of carbonyl (C=O) groups excluding carboxylic acids is 1. The van der Waals surface area contributed by atoms with Crippen LogP contribution in [0.25, 0.3) is 0 Å². The number of nitrogens with zero attached hydrogens (tertiary/aromatic N) is 1. The Hall–Kier alpha value is -3.68. The van der Waals surface area contributed by atoms with Gasteiger partial charge in [-0.3, -0.25) is 4.79 Å². The molecule has 4 rings (SSSR count). The second-order valence-corrected chi connectivity index (χ2v) is 8.60. The third-order valence-electron chi connectivity index (χ3n) is 5.76. The van der Waals surface area contributed by atoms with Crippen LogP contribution in [0.15, 0.2) is 84.0 Å². The highest BCUT2D eigenvalue weighted by molar-refractivity contribution is 6.04. The fraction of sp³-hybridized carbons (Fsp3) is 0.286. The molecule has 3 aromatic rings. The predicted octanol–water partition coefficient (Wildman–Crippen LogP) is 3.97. The van der Waals surface area contributed by atoms with Gasteiger partial charge >= 0.3 is 0 Å². The Morgan fingerprint density at radius 1 is 0.943 bits per heavy atom. The highest BCUT2D eigenvalue weighted by Crippen LogP contribution is 2.19. The number of ether oxygens (including phenoxy) is 2. The quantitative estimate of drug-likeness (QED) is 0.392. The van der Waals surface area contributed by atoms with Gasteiger partial charge in [0, 0.05) is 25.4 Å². The van der Waals surface area contributed by atoms with Crippen molar-refractivity contribution >= 4 is 11.6 Å². The minimum atomic E-state index is -0.628. The van der Waals surface area contributed by atoms with Gasteiger partial charge < -0.3 is 19.9 Å². The van der Waals surface area contributed by atoms with E-state index in [0.717, 1.165) is 33.9 Å². The monoisotopic (exact) mass is 473 g/mol. The zero-order valence-electron chi connectivity index (χ0n) is 19.8. The second-order valence-electron chi connectivity index (χ2n) is 8.60. The zero-order valence-corrected chi connectivity index (χ0v) is 19.8. The van der Waals surface area contributed by atoms with Gasteiger partial charge in [0.25, 0.3) is 0 Å². The zero-order chi connectivity index (χ0) is 24.5. The summed E-state index contributed by atoms with van der Waals surface area (Å²) in [5.74, 6) is 1.48. The van der Waals surface area contributed by atoms with Gasteiger partial charge in [-0.25, -0.2) is 5.43 Å². The lowest BCUT2D eigenvalue weighted by Gasteiger charge is -2.18. The molecule has 0 radical (unpaired) electrons. The first-order chi connectivity index (χ1) is 17.1. The largest absolute Gasteiger partial charge is 0.492 e. The molecule has 1 aliphatic heterocycles. The molecule has 0 aliphatic carbocycles. The minimum Gasteiger partial charge on any atom is -0.492 e. The smallest absolute Gasteiger partial charge is 0.240 e. The molecule has 35 heavy (non-hydrogen) atoms. The highest BCUT2D eigenvalue weighted by atomic mass is 16.5. The van der Waals surface area contributed by atoms with E-state index >= 15 is 0 Å². The van der Waals surface area contributed by atoms with E-state index in [2.05, 4.69) is 15.8 Å². The van der Waals surface area contributed by atoms with Crippen molar-refractivity contribution in [3.63, 3.8) is 0 Å². The number of hydrazone groups is 1. The van der Waals surface area contributed by atoms with Crippen molar-refractivity contribution in [3.05, 3.63) is 95.6 Å². The van der Waals surface area contributed by atoms with E-state index in [-0.39, 0.29) is 11.9 Å². The van der Waals surface area contributed by atoms with Gasteiger partial charge in [0.1, 0.15) is 24.7 Å². The number of aliphatic hydroxyl groups excluding tert-OH is 1. The molecule has 2 atom stereocenters. The van der Waals surface area contributed by atoms with E-state index in [1.165, 1.54) is 0 Å². The molecule has 2 unspecified atom stereocenters. The number of carbonyl (C=O) groups is 1. The molecule has 0 bridgehead atoms. The van der Waals surface area contributed by atoms with Crippen LogP contribution in [-0.2, 0) is 11.4 Å². The average molecular weight is 474 g/mol. The van der Waals surface area contributed by atoms with Crippen molar-refractivity contribution in [2.24, 2.45) is 5.10 Å². The summed E-state index contributed by atoms with van der Waals surface area (Å²) in [5.41, 5.74) is 6.31. The Balaban J connectivity index is 1.18. The van der Waals surface area contributed by atoms with E-state index in [1.54, 1.807) is 0 Å². The van der Waals surface area contributed by atoms with Crippen LogP contribution in [-0.4, -0.2) is 35.9 Å². The predicted molar refractivity (Wildman–Crippen MR) is 135 cm³/mol. The average Bonchev–Trinajstić information content (AvgIpc) is 2.91. The summed E-state index contributed by atoms with van der Waals surface area (Å²) in [4.78, 5) is 11.2. The fourth-order valence-corrected chi connectivity index (χ4v) is 3.66. The van der Waals surface area contributed by atoms with Gasteiger partial charge in [-0.2, -0.15) is 5.10 Å². The van der Waals surface area contributed by atoms with Gasteiger partial charge in [-0.05, 0) is 60.0 Å². The number of hydrogen-bond donors (Lipinski definition) is 3. The molecule has 0 fully saturated rings. The maximum atomic E-state index is 11.2. The molecule has 7 nitrogen and oxygen atoms in total. The van der Waals surface area contributed by atoms with Crippen LogP contribution < -0.4 is 20.2 Å². The minimum absolute atomic E-state index is 0.0508. The maximum absolute atomic E-state index is 11.2. The van der Waals surface area contributed by atoms with Crippen LogP contribution in [0.3, 0.4) is 0 Å². The standard InChI is InChI=1S/C28H31N3O4/c1-20(18-34-24-11-7-22(8-12-24)26-15-16-28(33)31-30-26)29-17-27(32)23-9-13-25(14-10-23)35-19-21-5-3-2-4-6-21/h2-14,20,27,29,32H,15-19H2,1H3,(H,31,33). The summed E-state index contributed by atoms with van der Waals surface area (Å²) >= 11 is 0. The van der Waals surface area contributed by atoms with Gasteiger partial charge in [0.2, 0.25) is 5.91 Å². The van der Waals surface area contributed by atoms with Crippen LogP contribution in [0, 0.1) is 0 Å². The van der Waals surface area contributed by atoms with E-state index in [0.29, 0.717) is 32.6 Å². The molecule has 1 amide bonds. The number of benzene rings is 3. The third kappa shape index (κ3) is 7.40. The van der Waals surface area contributed by atoms with Crippen LogP contribution in [0.1, 0.15) is 42.6 Å². The Morgan fingerprint density at radius 3 is 2.31 bits per heavy atom. The second kappa shape index (κ2) is 12.1. The van der Waals surface area contributed by atoms with E-state index in [4.69, 9.17) is 9.47 Å². The first-order valence-electron chi connectivity index (χ1n) is 11.8. The van der Waals surface area contributed by atoms with Crippen LogP contribution in [0.5, 0.6) is 11.5 Å². The highest BCUT2D eigenvalue weighted by Gasteiger charge is 2.14. The van der Waals surface area contributed by atoms with Crippen molar-refractivity contribution in [1.82, 2.24) is 10.7 Å². The summed E-state index contributed by atoms with van der Waals surface area (Å²) in [6.07, 6.45) is 0.466. The molecule has 0 aromatic heterocycles. The summed E-state index contributed by atoms with van der Waals surface area (Å²) in [7, 11) is 0. The topological polar surface area (TPSA) is 92.2 Å². The van der Waals surface area contributed by atoms with Crippen LogP contribution in [0.2, 0.25) is 0 Å². The molecule has 0 spiro atoms. The normalized spacial score (nSPS) is 15.0. The molecular weight excluding hydrogens is 442 g/mol.